The standard InChI is InChI=1S/C25H23N3O3S/c1-16-9-12-19(13-10-16)24-27-28-25(31-24)32-22(18-7-5-4-6-8-18)23(29)26-20-15-17(2)11-14-21(20)30-3/h4-15,22H,1-3H3,(H,26,29). The Kier molecular flexibility index (Phi) is 6.56. The molecule has 0 spiro atoms. The van der Waals surface area contributed by atoms with Gasteiger partial charge in [-0.05, 0) is 61.0 Å². The van der Waals surface area contributed by atoms with Gasteiger partial charge in [-0.15, -0.1) is 10.2 Å². The maximum Gasteiger partial charge on any atom is 0.277 e. The van der Waals surface area contributed by atoms with E-state index in [9.17, 15) is 4.79 Å². The normalized spacial score (nSPS) is 11.7. The Morgan fingerprint density at radius 2 is 1.69 bits per heavy atom. The predicted octanol–water partition coefficient (Wildman–Crippen LogP) is 5.83. The van der Waals surface area contributed by atoms with Crippen molar-refractivity contribution in [1.29, 1.82) is 0 Å². The van der Waals surface area contributed by atoms with Gasteiger partial charge in [0.25, 0.3) is 5.22 Å². The number of carbonyl (C=O) groups excluding carboxylic acids is 1. The second kappa shape index (κ2) is 9.70. The van der Waals surface area contributed by atoms with Crippen LogP contribution in [0.4, 0.5) is 5.69 Å². The van der Waals surface area contributed by atoms with E-state index in [4.69, 9.17) is 9.15 Å². The summed E-state index contributed by atoms with van der Waals surface area (Å²) in [6.45, 7) is 3.98. The summed E-state index contributed by atoms with van der Waals surface area (Å²) in [4.78, 5) is 13.3. The first-order chi connectivity index (χ1) is 15.5. The van der Waals surface area contributed by atoms with Crippen molar-refractivity contribution in [1.82, 2.24) is 10.2 Å². The van der Waals surface area contributed by atoms with Gasteiger partial charge < -0.3 is 14.5 Å². The zero-order valence-electron chi connectivity index (χ0n) is 18.0. The van der Waals surface area contributed by atoms with Gasteiger partial charge in [0.05, 0.1) is 12.8 Å². The van der Waals surface area contributed by atoms with Gasteiger partial charge in [0, 0.05) is 5.56 Å². The lowest BCUT2D eigenvalue weighted by Crippen LogP contribution is -2.19. The van der Waals surface area contributed by atoms with Gasteiger partial charge in [-0.1, -0.05) is 54.1 Å². The topological polar surface area (TPSA) is 77.2 Å². The van der Waals surface area contributed by atoms with E-state index in [-0.39, 0.29) is 5.91 Å². The molecule has 6 nitrogen and oxygen atoms in total. The molecule has 0 bridgehead atoms. The number of aryl methyl sites for hydroxylation is 2. The molecule has 3 aromatic carbocycles. The number of thioether (sulfide) groups is 1. The van der Waals surface area contributed by atoms with Crippen molar-refractivity contribution in [3.05, 3.63) is 89.5 Å². The molecule has 0 aliphatic rings. The molecule has 32 heavy (non-hydrogen) atoms. The maximum absolute atomic E-state index is 13.3. The number of aromatic nitrogens is 2. The van der Waals surface area contributed by atoms with Crippen LogP contribution in [0.1, 0.15) is 21.9 Å². The monoisotopic (exact) mass is 445 g/mol. The fourth-order valence-electron chi connectivity index (χ4n) is 3.19. The highest BCUT2D eigenvalue weighted by Crippen LogP contribution is 2.37. The number of hydrogen-bond donors (Lipinski definition) is 1. The molecule has 1 heterocycles. The summed E-state index contributed by atoms with van der Waals surface area (Å²) in [6, 6.07) is 23.0. The number of carbonyl (C=O) groups is 1. The van der Waals surface area contributed by atoms with Crippen LogP contribution in [0.15, 0.2) is 82.4 Å². The van der Waals surface area contributed by atoms with Crippen molar-refractivity contribution in [3.63, 3.8) is 0 Å². The highest BCUT2D eigenvalue weighted by atomic mass is 32.2. The van der Waals surface area contributed by atoms with Gasteiger partial charge in [-0.25, -0.2) is 0 Å². The number of nitrogens with one attached hydrogen (secondary N) is 1. The summed E-state index contributed by atoms with van der Waals surface area (Å²) in [5.74, 6) is 0.806. The molecule has 0 aliphatic heterocycles. The molecule has 0 fully saturated rings. The Balaban J connectivity index is 1.60. The van der Waals surface area contributed by atoms with Gasteiger partial charge in [-0.2, -0.15) is 0 Å². The molecule has 0 radical (unpaired) electrons. The minimum absolute atomic E-state index is 0.208. The largest absolute Gasteiger partial charge is 0.495 e. The van der Waals surface area contributed by atoms with E-state index < -0.39 is 5.25 Å². The fourth-order valence-corrected chi connectivity index (χ4v) is 4.07. The molecule has 7 heteroatoms. The van der Waals surface area contributed by atoms with Crippen LogP contribution in [0.2, 0.25) is 0 Å². The number of ether oxygens (including phenoxy) is 1. The molecule has 1 N–H and O–H groups in total. The second-order valence-corrected chi connectivity index (χ2v) is 8.40. The third kappa shape index (κ3) is 5.00. The van der Waals surface area contributed by atoms with E-state index in [1.807, 2.05) is 86.6 Å². The summed E-state index contributed by atoms with van der Waals surface area (Å²) < 4.78 is 11.3. The Bertz CT molecular complexity index is 1210. The quantitative estimate of drug-likeness (QED) is 0.361. The molecule has 162 valence electrons. The second-order valence-electron chi connectivity index (χ2n) is 7.34. The number of anilines is 1. The fraction of sp³-hybridized carbons (Fsp3) is 0.160. The van der Waals surface area contributed by atoms with Gasteiger partial charge >= 0.3 is 0 Å². The van der Waals surface area contributed by atoms with Crippen LogP contribution in [0.25, 0.3) is 11.5 Å². The number of rotatable bonds is 7. The van der Waals surface area contributed by atoms with Crippen molar-refractivity contribution >= 4 is 23.4 Å². The molecule has 0 aliphatic carbocycles. The molecule has 4 rings (SSSR count). The molecule has 1 aromatic heterocycles. The van der Waals surface area contributed by atoms with E-state index in [1.54, 1.807) is 7.11 Å². The number of hydrogen-bond acceptors (Lipinski definition) is 6. The van der Waals surface area contributed by atoms with E-state index in [1.165, 1.54) is 11.8 Å². The van der Waals surface area contributed by atoms with E-state index in [0.717, 1.165) is 22.3 Å². The van der Waals surface area contributed by atoms with E-state index >= 15 is 0 Å². The molecule has 0 saturated carbocycles. The lowest BCUT2D eigenvalue weighted by molar-refractivity contribution is -0.115. The molecule has 1 amide bonds. The Labute approximate surface area is 191 Å². The number of amides is 1. The number of methoxy groups -OCH3 is 1. The van der Waals surface area contributed by atoms with Gasteiger partial charge in [-0.3, -0.25) is 4.79 Å². The summed E-state index contributed by atoms with van der Waals surface area (Å²) in [5.41, 5.74) is 4.45. The van der Waals surface area contributed by atoms with Gasteiger partial charge in [0.1, 0.15) is 11.0 Å². The van der Waals surface area contributed by atoms with Gasteiger partial charge in [0.2, 0.25) is 11.8 Å². The van der Waals surface area contributed by atoms with Crippen LogP contribution in [-0.4, -0.2) is 23.2 Å². The first kappa shape index (κ1) is 21.6. The van der Waals surface area contributed by atoms with Crippen LogP contribution >= 0.6 is 11.8 Å². The van der Waals surface area contributed by atoms with Crippen molar-refractivity contribution in [2.45, 2.75) is 24.3 Å². The molecular formula is C25H23N3O3S. The first-order valence-electron chi connectivity index (χ1n) is 10.1. The SMILES string of the molecule is COc1ccc(C)cc1NC(=O)C(Sc1nnc(-c2ccc(C)cc2)o1)c1ccccc1. The maximum atomic E-state index is 13.3. The Morgan fingerprint density at radius 1 is 0.969 bits per heavy atom. The van der Waals surface area contributed by atoms with Crippen molar-refractivity contribution in [3.8, 4) is 17.2 Å². The molecule has 0 saturated heterocycles. The summed E-state index contributed by atoms with van der Waals surface area (Å²) in [6.07, 6.45) is 0. The lowest BCUT2D eigenvalue weighted by Gasteiger charge is -2.17. The highest BCUT2D eigenvalue weighted by Gasteiger charge is 2.26. The molecule has 1 unspecified atom stereocenters. The average molecular weight is 446 g/mol. The molecular weight excluding hydrogens is 422 g/mol. The van der Waals surface area contributed by atoms with Crippen LogP contribution in [-0.2, 0) is 4.79 Å². The summed E-state index contributed by atoms with van der Waals surface area (Å²) in [7, 11) is 1.58. The minimum atomic E-state index is -0.590. The number of nitrogens with zero attached hydrogens (tertiary/aromatic N) is 2. The Hall–Kier alpha value is -3.58. The smallest absolute Gasteiger partial charge is 0.277 e. The molecule has 1 atom stereocenters. The lowest BCUT2D eigenvalue weighted by atomic mass is 10.1. The van der Waals surface area contributed by atoms with E-state index in [2.05, 4.69) is 15.5 Å². The zero-order chi connectivity index (χ0) is 22.5. The minimum Gasteiger partial charge on any atom is -0.495 e. The highest BCUT2D eigenvalue weighted by molar-refractivity contribution is 8.00. The van der Waals surface area contributed by atoms with Crippen molar-refractivity contribution in [2.75, 3.05) is 12.4 Å². The summed E-state index contributed by atoms with van der Waals surface area (Å²) in [5, 5.41) is 11.0. The average Bonchev–Trinajstić information content (AvgIpc) is 3.27. The summed E-state index contributed by atoms with van der Waals surface area (Å²) >= 11 is 1.21. The first-order valence-corrected chi connectivity index (χ1v) is 11.0. The van der Waals surface area contributed by atoms with E-state index in [0.29, 0.717) is 22.6 Å². The third-order valence-corrected chi connectivity index (χ3v) is 5.97. The zero-order valence-corrected chi connectivity index (χ0v) is 18.8. The van der Waals surface area contributed by atoms with Gasteiger partial charge in [0.15, 0.2) is 0 Å². The molecule has 4 aromatic rings. The van der Waals surface area contributed by atoms with Crippen LogP contribution < -0.4 is 10.1 Å². The van der Waals surface area contributed by atoms with Crippen molar-refractivity contribution < 1.29 is 13.9 Å². The third-order valence-electron chi connectivity index (χ3n) is 4.88. The Morgan fingerprint density at radius 3 is 2.41 bits per heavy atom. The van der Waals surface area contributed by atoms with Crippen LogP contribution in [0.3, 0.4) is 0 Å². The predicted molar refractivity (Wildman–Crippen MR) is 126 cm³/mol. The van der Waals surface area contributed by atoms with Crippen molar-refractivity contribution in [2.24, 2.45) is 0 Å². The van der Waals surface area contributed by atoms with Crippen LogP contribution in [0.5, 0.6) is 5.75 Å². The van der Waals surface area contributed by atoms with Crippen LogP contribution in [0, 0.1) is 13.8 Å². The number of benzene rings is 3.